The largest absolute Gasteiger partial charge is 0.456 e. The van der Waals surface area contributed by atoms with Gasteiger partial charge in [0, 0.05) is 33.0 Å². The highest BCUT2D eigenvalue weighted by molar-refractivity contribution is 6.07. The quantitative estimate of drug-likeness (QED) is 0.169. The normalized spacial score (nSPS) is 14.9. The summed E-state index contributed by atoms with van der Waals surface area (Å²) in [5.74, 6) is 0.592. The average Bonchev–Trinajstić information content (AvgIpc) is 3.76. The second-order valence-corrected chi connectivity index (χ2v) is 16.7. The van der Waals surface area contributed by atoms with Crippen LogP contribution in [0.25, 0.3) is 66.1 Å². The van der Waals surface area contributed by atoms with Crippen LogP contribution in [-0.4, -0.2) is 0 Å². The van der Waals surface area contributed by atoms with E-state index in [2.05, 4.69) is 176 Å². The van der Waals surface area contributed by atoms with Crippen molar-refractivity contribution in [2.45, 2.75) is 57.3 Å². The number of fused-ring (bicyclic) bond motifs is 7. The zero-order valence-corrected chi connectivity index (χ0v) is 32.6. The van der Waals surface area contributed by atoms with Gasteiger partial charge in [-0.15, -0.1) is 0 Å². The molecule has 0 radical (unpaired) electrons. The van der Waals surface area contributed by atoms with Crippen LogP contribution in [0.1, 0.15) is 68.6 Å². The first-order valence-corrected chi connectivity index (χ1v) is 20.7. The average molecular weight is 736 g/mol. The summed E-state index contributed by atoms with van der Waals surface area (Å²) in [4.78, 5) is 2.53. The molecule has 0 unspecified atom stereocenters. The van der Waals surface area contributed by atoms with Gasteiger partial charge < -0.3 is 9.32 Å². The molecule has 1 fully saturated rings. The van der Waals surface area contributed by atoms with Gasteiger partial charge in [0.05, 0.1) is 11.4 Å². The molecule has 0 atom stereocenters. The Bertz CT molecular complexity index is 2970. The Kier molecular flexibility index (Phi) is 7.96. The number of rotatable bonds is 6. The summed E-state index contributed by atoms with van der Waals surface area (Å²) in [5, 5.41) is 5.02. The Morgan fingerprint density at radius 1 is 0.509 bits per heavy atom. The van der Waals surface area contributed by atoms with Gasteiger partial charge in [-0.05, 0) is 111 Å². The fourth-order valence-corrected chi connectivity index (χ4v) is 10.3. The highest BCUT2D eigenvalue weighted by atomic mass is 16.3. The molecule has 2 aliphatic rings. The monoisotopic (exact) mass is 735 g/mol. The van der Waals surface area contributed by atoms with Crippen molar-refractivity contribution in [2.24, 2.45) is 0 Å². The molecule has 2 aliphatic carbocycles. The molecular formula is C55H45NO. The van der Waals surface area contributed by atoms with Crippen LogP contribution in [0.4, 0.5) is 17.1 Å². The fourth-order valence-electron chi connectivity index (χ4n) is 10.3. The Hall–Kier alpha value is -6.38. The summed E-state index contributed by atoms with van der Waals surface area (Å²) < 4.78 is 6.30. The van der Waals surface area contributed by atoms with E-state index in [9.17, 15) is 0 Å². The van der Waals surface area contributed by atoms with Crippen molar-refractivity contribution in [3.8, 4) is 33.4 Å². The lowest BCUT2D eigenvalue weighted by molar-refractivity contribution is 0.445. The lowest BCUT2D eigenvalue weighted by Crippen LogP contribution is -2.16. The van der Waals surface area contributed by atoms with E-state index in [4.69, 9.17) is 4.42 Å². The number of benzene rings is 8. The summed E-state index contributed by atoms with van der Waals surface area (Å²) in [5.41, 5.74) is 16.9. The van der Waals surface area contributed by atoms with Gasteiger partial charge in [-0.3, -0.25) is 0 Å². The van der Waals surface area contributed by atoms with Gasteiger partial charge in [0.15, 0.2) is 0 Å². The van der Waals surface area contributed by atoms with Crippen molar-refractivity contribution in [3.63, 3.8) is 0 Å². The molecule has 2 heteroatoms. The highest BCUT2D eigenvalue weighted by Gasteiger charge is 2.38. The first kappa shape index (κ1) is 33.9. The third-order valence-corrected chi connectivity index (χ3v) is 13.1. The molecule has 1 heterocycles. The number of furan rings is 1. The van der Waals surface area contributed by atoms with Crippen molar-refractivity contribution < 1.29 is 4.42 Å². The SMILES string of the molecule is CC1(C)c2ccccc2-c2c(N(c3ccc(-c4ccc5c(c4)oc4ccccc45)cc3)c3ccccc3-c3cccc4cccc(C5CCCCC5)c34)cccc21. The lowest BCUT2D eigenvalue weighted by atomic mass is 9.80. The van der Waals surface area contributed by atoms with E-state index < -0.39 is 0 Å². The van der Waals surface area contributed by atoms with E-state index in [-0.39, 0.29) is 5.41 Å². The summed E-state index contributed by atoms with van der Waals surface area (Å²) in [6.07, 6.45) is 6.50. The molecule has 0 spiro atoms. The van der Waals surface area contributed by atoms with E-state index in [1.165, 1.54) is 93.2 Å². The highest BCUT2D eigenvalue weighted by Crippen LogP contribution is 2.55. The Labute approximate surface area is 335 Å². The predicted molar refractivity (Wildman–Crippen MR) is 240 cm³/mol. The van der Waals surface area contributed by atoms with Gasteiger partial charge in [-0.1, -0.05) is 161 Å². The molecule has 0 N–H and O–H groups in total. The molecule has 1 saturated carbocycles. The topological polar surface area (TPSA) is 16.4 Å². The van der Waals surface area contributed by atoms with Crippen LogP contribution in [0.2, 0.25) is 0 Å². The summed E-state index contributed by atoms with van der Waals surface area (Å²) in [6.45, 7) is 4.74. The van der Waals surface area contributed by atoms with E-state index >= 15 is 0 Å². The van der Waals surface area contributed by atoms with Crippen LogP contribution in [0.15, 0.2) is 174 Å². The van der Waals surface area contributed by atoms with Gasteiger partial charge in [0.25, 0.3) is 0 Å². The zero-order valence-electron chi connectivity index (χ0n) is 32.6. The maximum atomic E-state index is 6.30. The van der Waals surface area contributed by atoms with E-state index in [0.717, 1.165) is 38.8 Å². The lowest BCUT2D eigenvalue weighted by Gasteiger charge is -2.31. The third kappa shape index (κ3) is 5.46. The zero-order chi connectivity index (χ0) is 38.1. The number of hydrogen-bond acceptors (Lipinski definition) is 2. The van der Waals surface area contributed by atoms with Crippen LogP contribution in [0, 0.1) is 0 Å². The smallest absolute Gasteiger partial charge is 0.136 e. The molecule has 57 heavy (non-hydrogen) atoms. The van der Waals surface area contributed by atoms with Crippen molar-refractivity contribution in [2.75, 3.05) is 4.90 Å². The first-order valence-electron chi connectivity index (χ1n) is 20.7. The number of nitrogens with zero attached hydrogens (tertiary/aromatic N) is 1. The maximum absolute atomic E-state index is 6.30. The molecular weight excluding hydrogens is 691 g/mol. The molecule has 0 aliphatic heterocycles. The van der Waals surface area contributed by atoms with Gasteiger partial charge in [0.1, 0.15) is 11.2 Å². The fraction of sp³-hybridized carbons (Fsp3) is 0.164. The molecule has 0 bridgehead atoms. The van der Waals surface area contributed by atoms with Crippen LogP contribution >= 0.6 is 0 Å². The van der Waals surface area contributed by atoms with E-state index in [0.29, 0.717) is 5.92 Å². The maximum Gasteiger partial charge on any atom is 0.136 e. The van der Waals surface area contributed by atoms with Gasteiger partial charge >= 0.3 is 0 Å². The minimum atomic E-state index is -0.114. The van der Waals surface area contributed by atoms with Crippen LogP contribution in [-0.2, 0) is 5.41 Å². The van der Waals surface area contributed by atoms with Crippen LogP contribution in [0.3, 0.4) is 0 Å². The second kappa shape index (κ2) is 13.4. The molecule has 2 nitrogen and oxygen atoms in total. The van der Waals surface area contributed by atoms with E-state index in [1.807, 2.05) is 12.1 Å². The van der Waals surface area contributed by atoms with E-state index in [1.54, 1.807) is 0 Å². The molecule has 11 rings (SSSR count). The Morgan fingerprint density at radius 2 is 1.16 bits per heavy atom. The molecule has 1 aromatic heterocycles. The summed E-state index contributed by atoms with van der Waals surface area (Å²) in [7, 11) is 0. The molecule has 276 valence electrons. The van der Waals surface area contributed by atoms with Crippen molar-refractivity contribution in [1.29, 1.82) is 0 Å². The van der Waals surface area contributed by atoms with Crippen LogP contribution < -0.4 is 4.90 Å². The number of para-hydroxylation sites is 2. The van der Waals surface area contributed by atoms with Crippen molar-refractivity contribution in [1.82, 2.24) is 0 Å². The number of anilines is 3. The van der Waals surface area contributed by atoms with Crippen molar-refractivity contribution >= 4 is 49.8 Å². The summed E-state index contributed by atoms with van der Waals surface area (Å²) >= 11 is 0. The van der Waals surface area contributed by atoms with Crippen LogP contribution in [0.5, 0.6) is 0 Å². The third-order valence-electron chi connectivity index (χ3n) is 13.1. The Morgan fingerprint density at radius 3 is 2.02 bits per heavy atom. The molecule has 0 saturated heterocycles. The first-order chi connectivity index (χ1) is 28.0. The molecule has 8 aromatic carbocycles. The Balaban J connectivity index is 1.12. The van der Waals surface area contributed by atoms with Gasteiger partial charge in [-0.2, -0.15) is 0 Å². The van der Waals surface area contributed by atoms with Gasteiger partial charge in [0.2, 0.25) is 0 Å². The minimum Gasteiger partial charge on any atom is -0.456 e. The molecule has 9 aromatic rings. The predicted octanol–water partition coefficient (Wildman–Crippen LogP) is 15.9. The number of hydrogen-bond donors (Lipinski definition) is 0. The standard InChI is InChI=1S/C55H45NO/c1-55(2)47-24-9-6-21-46(47)54-48(55)25-14-27-50(54)56(40-32-29-36(30-33-40)39-31-34-44-43-20-8-11-28-51(43)57-52(44)35-39)49-26-10-7-19-42(49)45-23-13-18-38-17-12-22-41(53(38)45)37-15-4-3-5-16-37/h6-14,17-35,37H,3-5,15-16H2,1-2H3. The summed E-state index contributed by atoms with van der Waals surface area (Å²) in [6, 6.07) is 62.9. The van der Waals surface area contributed by atoms with Crippen molar-refractivity contribution in [3.05, 3.63) is 187 Å². The molecule has 0 amide bonds. The van der Waals surface area contributed by atoms with Gasteiger partial charge in [-0.25, -0.2) is 0 Å². The minimum absolute atomic E-state index is 0.114. The second-order valence-electron chi connectivity index (χ2n) is 16.7.